The second-order valence-corrected chi connectivity index (χ2v) is 7.63. The van der Waals surface area contributed by atoms with Gasteiger partial charge in [-0.15, -0.1) is 10.2 Å². The second-order valence-electron chi connectivity index (χ2n) is 6.68. The maximum Gasteiger partial charge on any atom is 0.335 e. The fourth-order valence-corrected chi connectivity index (χ4v) is 3.54. The zero-order valence-electron chi connectivity index (χ0n) is 16.9. The average Bonchev–Trinajstić information content (AvgIpc) is 3.13. The summed E-state index contributed by atoms with van der Waals surface area (Å²) < 4.78 is 1.72. The average molecular weight is 439 g/mol. The highest BCUT2D eigenvalue weighted by molar-refractivity contribution is 7.99. The molecule has 0 spiro atoms. The van der Waals surface area contributed by atoms with Crippen molar-refractivity contribution in [3.8, 4) is 0 Å². The SMILES string of the molecule is CC(NC(=O)c1ccccc1)c1nnc(SCC(=O)Nc2cccc(C(=O)O)c2)n1C. The molecule has 31 heavy (non-hydrogen) atoms. The molecule has 0 fully saturated rings. The van der Waals surface area contributed by atoms with Crippen molar-refractivity contribution < 1.29 is 19.5 Å². The van der Waals surface area contributed by atoms with Crippen molar-refractivity contribution in [2.75, 3.05) is 11.1 Å². The van der Waals surface area contributed by atoms with Crippen LogP contribution in [0.2, 0.25) is 0 Å². The van der Waals surface area contributed by atoms with Crippen LogP contribution in [0.5, 0.6) is 0 Å². The fraction of sp³-hybridized carbons (Fsp3) is 0.190. The van der Waals surface area contributed by atoms with Crippen molar-refractivity contribution in [1.29, 1.82) is 0 Å². The van der Waals surface area contributed by atoms with E-state index in [0.717, 1.165) is 0 Å². The van der Waals surface area contributed by atoms with Crippen molar-refractivity contribution >= 4 is 35.2 Å². The number of anilines is 1. The Kier molecular flexibility index (Phi) is 7.03. The Bertz CT molecular complexity index is 1100. The van der Waals surface area contributed by atoms with Gasteiger partial charge in [-0.1, -0.05) is 36.0 Å². The number of amides is 2. The molecule has 3 rings (SSSR count). The van der Waals surface area contributed by atoms with Gasteiger partial charge in [0.15, 0.2) is 11.0 Å². The summed E-state index contributed by atoms with van der Waals surface area (Å²) >= 11 is 1.19. The lowest BCUT2D eigenvalue weighted by Gasteiger charge is -2.13. The number of carbonyl (C=O) groups is 3. The van der Waals surface area contributed by atoms with Gasteiger partial charge in [0.1, 0.15) is 0 Å². The first-order valence-electron chi connectivity index (χ1n) is 9.36. The quantitative estimate of drug-likeness (QED) is 0.461. The van der Waals surface area contributed by atoms with Crippen molar-refractivity contribution in [1.82, 2.24) is 20.1 Å². The molecule has 0 aliphatic rings. The molecular formula is C21H21N5O4S. The van der Waals surface area contributed by atoms with Crippen LogP contribution in [0.1, 0.15) is 39.5 Å². The summed E-state index contributed by atoms with van der Waals surface area (Å²) in [6.45, 7) is 1.81. The van der Waals surface area contributed by atoms with E-state index in [0.29, 0.717) is 22.2 Å². The lowest BCUT2D eigenvalue weighted by Crippen LogP contribution is -2.28. The molecule has 2 amide bonds. The topological polar surface area (TPSA) is 126 Å². The summed E-state index contributed by atoms with van der Waals surface area (Å²) in [5.41, 5.74) is 1.05. The first-order chi connectivity index (χ1) is 14.8. The third kappa shape index (κ3) is 5.70. The third-order valence-corrected chi connectivity index (χ3v) is 5.39. The predicted octanol–water partition coefficient (Wildman–Crippen LogP) is 2.74. The largest absolute Gasteiger partial charge is 0.478 e. The number of aromatic nitrogens is 3. The fourth-order valence-electron chi connectivity index (χ4n) is 2.82. The lowest BCUT2D eigenvalue weighted by atomic mass is 10.2. The van der Waals surface area contributed by atoms with Crippen LogP contribution in [-0.2, 0) is 11.8 Å². The third-order valence-electron chi connectivity index (χ3n) is 4.37. The number of carboxylic acids is 1. The van der Waals surface area contributed by atoms with Crippen LogP contribution in [0.4, 0.5) is 5.69 Å². The van der Waals surface area contributed by atoms with Crippen molar-refractivity contribution in [3.63, 3.8) is 0 Å². The standard InChI is InChI=1S/C21H21N5O4S/c1-13(22-19(28)14-7-4-3-5-8-14)18-24-25-21(26(18)2)31-12-17(27)23-16-10-6-9-15(11-16)20(29)30/h3-11,13H,12H2,1-2H3,(H,22,28)(H,23,27)(H,29,30). The summed E-state index contributed by atoms with van der Waals surface area (Å²) in [5, 5.41) is 23.3. The van der Waals surface area contributed by atoms with Crippen LogP contribution in [0.3, 0.4) is 0 Å². The van der Waals surface area contributed by atoms with Gasteiger partial charge in [0.05, 0.1) is 17.4 Å². The Hall–Kier alpha value is -3.66. The summed E-state index contributed by atoms with van der Waals surface area (Å²) in [5.74, 6) is -0.962. The number of rotatable bonds is 8. The molecule has 10 heteroatoms. The number of nitrogens with zero attached hydrogens (tertiary/aromatic N) is 3. The highest BCUT2D eigenvalue weighted by Crippen LogP contribution is 2.20. The smallest absolute Gasteiger partial charge is 0.335 e. The number of carbonyl (C=O) groups excluding carboxylic acids is 2. The number of hydrogen-bond donors (Lipinski definition) is 3. The molecular weight excluding hydrogens is 418 g/mol. The first kappa shape index (κ1) is 22.0. The van der Waals surface area contributed by atoms with E-state index in [1.54, 1.807) is 54.9 Å². The number of nitrogens with one attached hydrogen (secondary N) is 2. The van der Waals surface area contributed by atoms with Gasteiger partial charge in [0.2, 0.25) is 5.91 Å². The van der Waals surface area contributed by atoms with Gasteiger partial charge in [-0.25, -0.2) is 4.79 Å². The molecule has 0 saturated carbocycles. The summed E-state index contributed by atoms with van der Waals surface area (Å²) in [4.78, 5) is 35.6. The van der Waals surface area contributed by atoms with E-state index in [1.165, 1.54) is 23.9 Å². The van der Waals surface area contributed by atoms with E-state index in [-0.39, 0.29) is 29.2 Å². The highest BCUT2D eigenvalue weighted by Gasteiger charge is 2.19. The molecule has 0 aliphatic heterocycles. The molecule has 3 aromatic rings. The molecule has 2 aromatic carbocycles. The van der Waals surface area contributed by atoms with Gasteiger partial charge >= 0.3 is 5.97 Å². The lowest BCUT2D eigenvalue weighted by molar-refractivity contribution is -0.113. The molecule has 0 radical (unpaired) electrons. The number of aromatic carboxylic acids is 1. The molecule has 3 N–H and O–H groups in total. The maximum atomic E-state index is 12.3. The van der Waals surface area contributed by atoms with Gasteiger partial charge in [0, 0.05) is 18.3 Å². The molecule has 1 aromatic heterocycles. The number of hydrogen-bond acceptors (Lipinski definition) is 6. The minimum atomic E-state index is -1.06. The molecule has 1 unspecified atom stereocenters. The van der Waals surface area contributed by atoms with Crippen LogP contribution >= 0.6 is 11.8 Å². The van der Waals surface area contributed by atoms with Crippen molar-refractivity contribution in [2.45, 2.75) is 18.1 Å². The molecule has 0 aliphatic carbocycles. The van der Waals surface area contributed by atoms with Crippen LogP contribution < -0.4 is 10.6 Å². The Labute approximate surface area is 182 Å². The Morgan fingerprint density at radius 3 is 2.48 bits per heavy atom. The van der Waals surface area contributed by atoms with E-state index < -0.39 is 5.97 Å². The number of carboxylic acid groups (broad SMARTS) is 1. The van der Waals surface area contributed by atoms with E-state index >= 15 is 0 Å². The second kappa shape index (κ2) is 9.90. The van der Waals surface area contributed by atoms with Gasteiger partial charge in [0.25, 0.3) is 5.91 Å². The van der Waals surface area contributed by atoms with Crippen molar-refractivity contribution in [2.24, 2.45) is 7.05 Å². The van der Waals surface area contributed by atoms with Gasteiger partial charge in [-0.3, -0.25) is 9.59 Å². The summed E-state index contributed by atoms with van der Waals surface area (Å²) in [6, 6.07) is 14.5. The molecule has 160 valence electrons. The molecule has 1 atom stereocenters. The zero-order chi connectivity index (χ0) is 22.4. The minimum Gasteiger partial charge on any atom is -0.478 e. The highest BCUT2D eigenvalue weighted by atomic mass is 32.2. The zero-order valence-corrected chi connectivity index (χ0v) is 17.7. The van der Waals surface area contributed by atoms with Gasteiger partial charge in [-0.2, -0.15) is 0 Å². The Morgan fingerprint density at radius 1 is 1.06 bits per heavy atom. The Balaban J connectivity index is 1.57. The van der Waals surface area contributed by atoms with Crippen LogP contribution in [0.25, 0.3) is 0 Å². The van der Waals surface area contributed by atoms with E-state index in [1.807, 2.05) is 6.07 Å². The maximum absolute atomic E-state index is 12.3. The minimum absolute atomic E-state index is 0.0635. The van der Waals surface area contributed by atoms with E-state index in [9.17, 15) is 14.4 Å². The number of thioether (sulfide) groups is 1. The summed E-state index contributed by atoms with van der Waals surface area (Å²) in [7, 11) is 1.76. The number of benzene rings is 2. The van der Waals surface area contributed by atoms with E-state index in [2.05, 4.69) is 20.8 Å². The predicted molar refractivity (Wildman–Crippen MR) is 116 cm³/mol. The van der Waals surface area contributed by atoms with E-state index in [4.69, 9.17) is 5.11 Å². The van der Waals surface area contributed by atoms with Crippen LogP contribution in [0.15, 0.2) is 59.8 Å². The summed E-state index contributed by atoms with van der Waals surface area (Å²) in [6.07, 6.45) is 0. The van der Waals surface area contributed by atoms with Crippen LogP contribution in [-0.4, -0.2) is 43.4 Å². The van der Waals surface area contributed by atoms with Crippen LogP contribution in [0, 0.1) is 0 Å². The normalized spacial score (nSPS) is 11.5. The molecule has 0 saturated heterocycles. The van der Waals surface area contributed by atoms with Gasteiger partial charge < -0.3 is 20.3 Å². The molecule has 0 bridgehead atoms. The molecule has 1 heterocycles. The van der Waals surface area contributed by atoms with Crippen molar-refractivity contribution in [3.05, 3.63) is 71.5 Å². The van der Waals surface area contributed by atoms with Gasteiger partial charge in [-0.05, 0) is 37.3 Å². The first-order valence-corrected chi connectivity index (χ1v) is 10.3. The monoisotopic (exact) mass is 439 g/mol. The Morgan fingerprint density at radius 2 is 1.77 bits per heavy atom. The molecule has 9 nitrogen and oxygen atoms in total.